The van der Waals surface area contributed by atoms with E-state index in [4.69, 9.17) is 21.1 Å². The van der Waals surface area contributed by atoms with Crippen LogP contribution in [0, 0.1) is 24.2 Å². The van der Waals surface area contributed by atoms with Gasteiger partial charge in [0.25, 0.3) is 0 Å². The molecule has 2 aliphatic carbocycles. The molecule has 2 saturated carbocycles. The minimum absolute atomic E-state index is 0.0636. The summed E-state index contributed by atoms with van der Waals surface area (Å²) in [6.07, 6.45) is 12.0. The van der Waals surface area contributed by atoms with Crippen molar-refractivity contribution in [3.63, 3.8) is 0 Å². The Morgan fingerprint density at radius 1 is 1.24 bits per heavy atom. The maximum absolute atomic E-state index is 13.0. The van der Waals surface area contributed by atoms with Crippen LogP contribution in [0.3, 0.4) is 0 Å². The van der Waals surface area contributed by atoms with E-state index in [0.717, 1.165) is 5.57 Å². The summed E-state index contributed by atoms with van der Waals surface area (Å²) in [5, 5.41) is 14.8. The van der Waals surface area contributed by atoms with Crippen molar-refractivity contribution >= 4 is 11.6 Å². The van der Waals surface area contributed by atoms with Crippen molar-refractivity contribution in [1.82, 2.24) is 5.32 Å². The first kappa shape index (κ1) is 25.9. The molecule has 2 aliphatic rings. The highest BCUT2D eigenvalue weighted by molar-refractivity contribution is 6.33. The fourth-order valence-corrected chi connectivity index (χ4v) is 5.33. The van der Waals surface area contributed by atoms with E-state index < -0.39 is 6.86 Å². The number of halogens is 2. The summed E-state index contributed by atoms with van der Waals surface area (Å²) >= 11 is 6.39. The second kappa shape index (κ2) is 10.7. The normalized spacial score (nSPS) is 28.4. The predicted octanol–water partition coefficient (Wildman–Crippen LogP) is 6.91. The van der Waals surface area contributed by atoms with Gasteiger partial charge in [0, 0.05) is 23.2 Å². The third-order valence-corrected chi connectivity index (χ3v) is 8.42. The van der Waals surface area contributed by atoms with Crippen LogP contribution in [0.15, 0.2) is 23.8 Å². The topological polar surface area (TPSA) is 50.7 Å². The van der Waals surface area contributed by atoms with Crippen LogP contribution in [0.5, 0.6) is 17.2 Å². The number of hydrogen-bond acceptors (Lipinski definition) is 4. The average Bonchev–Trinajstić information content (AvgIpc) is 3.61. The van der Waals surface area contributed by atoms with Crippen LogP contribution in [0.1, 0.15) is 64.5 Å². The van der Waals surface area contributed by atoms with Crippen molar-refractivity contribution in [3.8, 4) is 17.2 Å². The third-order valence-electron chi connectivity index (χ3n) is 7.97. The Balaban J connectivity index is 1.81. The Hall–Kier alpha value is -1.72. The molecule has 4 nitrogen and oxygen atoms in total. The molecule has 2 fully saturated rings. The van der Waals surface area contributed by atoms with Crippen LogP contribution in [-0.2, 0) is 6.42 Å². The second-order valence-corrected chi connectivity index (χ2v) is 10.4. The Morgan fingerprint density at radius 2 is 1.94 bits per heavy atom. The van der Waals surface area contributed by atoms with Gasteiger partial charge in [0.05, 0.1) is 12.1 Å². The highest BCUT2D eigenvalue weighted by Crippen LogP contribution is 2.48. The number of hydrogen-bond donors (Lipinski definition) is 2. The van der Waals surface area contributed by atoms with Crippen molar-refractivity contribution in [2.75, 3.05) is 14.0 Å². The molecule has 1 aromatic carbocycles. The molecule has 0 amide bonds. The van der Waals surface area contributed by atoms with E-state index in [1.54, 1.807) is 6.92 Å². The standard InChI is InChI=1S/C27H39ClFNO3/c1-16(7-11-21-24(31)25(32-6)18(3)23(28)26(21)33-15-29)13-14-27(5)17(2)8-12-22(19(27)4)30-20-9-10-20/h7,13-14,17,19-20,22,30-31H,8-12,15H2,1-6H3/b14-13+,16-7+/t17-,19+,22?,27+/m1/s1. The molecule has 0 aliphatic heterocycles. The van der Waals surface area contributed by atoms with Gasteiger partial charge in [-0.15, -0.1) is 0 Å². The highest BCUT2D eigenvalue weighted by atomic mass is 35.5. The van der Waals surface area contributed by atoms with E-state index in [0.29, 0.717) is 41.5 Å². The lowest BCUT2D eigenvalue weighted by Crippen LogP contribution is -2.49. The van der Waals surface area contributed by atoms with Gasteiger partial charge in [0.2, 0.25) is 6.86 Å². The summed E-state index contributed by atoms with van der Waals surface area (Å²) in [4.78, 5) is 0. The molecule has 0 spiro atoms. The Morgan fingerprint density at radius 3 is 2.55 bits per heavy atom. The summed E-state index contributed by atoms with van der Waals surface area (Å²) in [5.74, 6) is 1.53. The lowest BCUT2D eigenvalue weighted by atomic mass is 9.60. The average molecular weight is 480 g/mol. The van der Waals surface area contributed by atoms with E-state index in [1.165, 1.54) is 32.8 Å². The van der Waals surface area contributed by atoms with E-state index >= 15 is 0 Å². The number of benzene rings is 1. The number of nitrogens with one attached hydrogen (secondary N) is 1. The Labute approximate surface area is 203 Å². The third kappa shape index (κ3) is 5.51. The van der Waals surface area contributed by atoms with Crippen molar-refractivity contribution in [2.45, 2.75) is 78.8 Å². The molecule has 0 heterocycles. The van der Waals surface area contributed by atoms with Gasteiger partial charge in [-0.05, 0) is 63.2 Å². The van der Waals surface area contributed by atoms with Crippen LogP contribution < -0.4 is 14.8 Å². The van der Waals surface area contributed by atoms with Gasteiger partial charge in [-0.1, -0.05) is 56.2 Å². The molecule has 3 rings (SSSR count). The fraction of sp³-hybridized carbons (Fsp3) is 0.630. The number of methoxy groups -OCH3 is 1. The number of ether oxygens (including phenoxy) is 2. The SMILES string of the molecule is COc1c(C)c(Cl)c(OCF)c(C/C=C(C)/C=C/[C@@]2(C)[C@H](C)CCC(NC3CC3)[C@@H]2C)c1O. The van der Waals surface area contributed by atoms with Crippen molar-refractivity contribution in [1.29, 1.82) is 0 Å². The summed E-state index contributed by atoms with van der Waals surface area (Å²) < 4.78 is 23.5. The Kier molecular flexibility index (Phi) is 8.39. The van der Waals surface area contributed by atoms with Crippen molar-refractivity contribution < 1.29 is 19.0 Å². The summed E-state index contributed by atoms with van der Waals surface area (Å²) in [6, 6.07) is 1.28. The molecule has 0 bridgehead atoms. The minimum atomic E-state index is -1.02. The monoisotopic (exact) mass is 479 g/mol. The van der Waals surface area contributed by atoms with Gasteiger partial charge in [0.15, 0.2) is 11.5 Å². The first-order chi connectivity index (χ1) is 15.6. The zero-order valence-corrected chi connectivity index (χ0v) is 21.6. The first-order valence-corrected chi connectivity index (χ1v) is 12.4. The zero-order chi connectivity index (χ0) is 24.3. The molecule has 1 aromatic rings. The van der Waals surface area contributed by atoms with E-state index in [9.17, 15) is 9.50 Å². The highest BCUT2D eigenvalue weighted by Gasteiger charge is 2.43. The molecule has 1 unspecified atom stereocenters. The van der Waals surface area contributed by atoms with E-state index in [1.807, 2.05) is 13.0 Å². The van der Waals surface area contributed by atoms with Gasteiger partial charge < -0.3 is 19.9 Å². The fourth-order valence-electron chi connectivity index (χ4n) is 5.08. The lowest BCUT2D eigenvalue weighted by Gasteiger charge is -2.48. The van der Waals surface area contributed by atoms with Gasteiger partial charge in [0.1, 0.15) is 5.75 Å². The lowest BCUT2D eigenvalue weighted by molar-refractivity contribution is 0.0785. The largest absolute Gasteiger partial charge is 0.504 e. The molecule has 4 atom stereocenters. The summed E-state index contributed by atoms with van der Waals surface area (Å²) in [5.41, 5.74) is 2.11. The molecule has 184 valence electrons. The van der Waals surface area contributed by atoms with Crippen LogP contribution >= 0.6 is 11.6 Å². The molecule has 0 saturated heterocycles. The smallest absolute Gasteiger partial charge is 0.228 e. The molecule has 0 radical (unpaired) electrons. The van der Waals surface area contributed by atoms with Crippen LogP contribution in [0.2, 0.25) is 5.02 Å². The molecule has 0 aromatic heterocycles. The van der Waals surface area contributed by atoms with E-state index in [-0.39, 0.29) is 27.7 Å². The van der Waals surface area contributed by atoms with Crippen LogP contribution in [-0.4, -0.2) is 31.2 Å². The summed E-state index contributed by atoms with van der Waals surface area (Å²) in [7, 11) is 1.47. The number of phenolic OH excluding ortho intramolecular Hbond substituents is 1. The van der Waals surface area contributed by atoms with Crippen LogP contribution in [0.25, 0.3) is 0 Å². The van der Waals surface area contributed by atoms with Gasteiger partial charge in [-0.3, -0.25) is 0 Å². The summed E-state index contributed by atoms with van der Waals surface area (Å²) in [6.45, 7) is 9.82. The second-order valence-electron chi connectivity index (χ2n) is 10.0. The molecular formula is C27H39ClFNO3. The minimum Gasteiger partial charge on any atom is -0.504 e. The number of aromatic hydroxyl groups is 1. The molecule has 33 heavy (non-hydrogen) atoms. The predicted molar refractivity (Wildman–Crippen MR) is 133 cm³/mol. The van der Waals surface area contributed by atoms with Crippen molar-refractivity contribution in [3.05, 3.63) is 40.0 Å². The maximum Gasteiger partial charge on any atom is 0.228 e. The van der Waals surface area contributed by atoms with Gasteiger partial charge in [-0.2, -0.15) is 0 Å². The molecular weight excluding hydrogens is 441 g/mol. The number of phenols is 1. The van der Waals surface area contributed by atoms with Gasteiger partial charge >= 0.3 is 0 Å². The first-order valence-electron chi connectivity index (χ1n) is 12.0. The maximum atomic E-state index is 13.0. The van der Waals surface area contributed by atoms with Crippen molar-refractivity contribution in [2.24, 2.45) is 17.3 Å². The number of allylic oxidation sites excluding steroid dienone is 4. The van der Waals surface area contributed by atoms with E-state index in [2.05, 4.69) is 38.2 Å². The van der Waals surface area contributed by atoms with Crippen LogP contribution in [0.4, 0.5) is 4.39 Å². The number of alkyl halides is 1. The molecule has 6 heteroatoms. The zero-order valence-electron chi connectivity index (χ0n) is 20.8. The number of rotatable bonds is 9. The Bertz CT molecular complexity index is 911. The quantitative estimate of drug-likeness (QED) is 0.378. The van der Waals surface area contributed by atoms with Gasteiger partial charge in [-0.25, -0.2) is 4.39 Å². The molecule has 2 N–H and O–H groups in total.